The van der Waals surface area contributed by atoms with Crippen molar-refractivity contribution in [1.82, 2.24) is 4.81 Å². The van der Waals surface area contributed by atoms with Gasteiger partial charge in [-0.3, -0.25) is 9.59 Å². The van der Waals surface area contributed by atoms with Crippen LogP contribution in [-0.4, -0.2) is 38.3 Å². The Morgan fingerprint density at radius 3 is 3.07 bits per heavy atom. The minimum atomic E-state index is -0.231. The number of ether oxygens (including phenoxy) is 1. The van der Waals surface area contributed by atoms with E-state index in [1.165, 1.54) is 7.11 Å². The number of hydrogen-bond donors (Lipinski definition) is 0. The molecule has 1 heterocycles. The molecule has 0 spiro atoms. The molecule has 1 saturated heterocycles. The van der Waals surface area contributed by atoms with Crippen LogP contribution in [0.15, 0.2) is 0 Å². The SMILES string of the molecule is BN1CCCC(CCC(=O)OC)C1=O. The molecule has 1 amide bonds. The molecule has 5 heteroatoms. The molecule has 4 nitrogen and oxygen atoms in total. The number of piperidine rings is 1. The number of carbonyl (C=O) groups is 2. The Kier molecular flexibility index (Phi) is 3.98. The number of esters is 1. The summed E-state index contributed by atoms with van der Waals surface area (Å²) in [6.45, 7) is 0.841. The van der Waals surface area contributed by atoms with Crippen molar-refractivity contribution in [1.29, 1.82) is 0 Å². The molecule has 0 aromatic rings. The lowest BCUT2D eigenvalue weighted by Gasteiger charge is -2.29. The highest BCUT2D eigenvalue weighted by atomic mass is 16.5. The number of methoxy groups -OCH3 is 1. The van der Waals surface area contributed by atoms with Gasteiger partial charge in [0.2, 0.25) is 13.9 Å². The lowest BCUT2D eigenvalue weighted by molar-refractivity contribution is -0.141. The Labute approximate surface area is 85.0 Å². The molecule has 0 aromatic carbocycles. The van der Waals surface area contributed by atoms with E-state index in [9.17, 15) is 9.59 Å². The molecule has 0 N–H and O–H groups in total. The standard InChI is InChI=1S/C9H16BNO3/c1-14-8(12)5-4-7-3-2-6-11(10)9(7)13/h7H,2-6,10H2,1H3. The molecular weight excluding hydrogens is 181 g/mol. The Hall–Kier alpha value is -0.995. The van der Waals surface area contributed by atoms with Crippen molar-refractivity contribution in [3.63, 3.8) is 0 Å². The van der Waals surface area contributed by atoms with E-state index in [1.807, 2.05) is 7.98 Å². The zero-order valence-electron chi connectivity index (χ0n) is 8.78. The largest absolute Gasteiger partial charge is 0.469 e. The van der Waals surface area contributed by atoms with Gasteiger partial charge in [0, 0.05) is 18.9 Å². The average Bonchev–Trinajstić information content (AvgIpc) is 2.20. The van der Waals surface area contributed by atoms with Gasteiger partial charge in [0.1, 0.15) is 0 Å². The predicted octanol–water partition coefficient (Wildman–Crippen LogP) is -0.274. The Bertz CT molecular complexity index is 232. The Morgan fingerprint density at radius 1 is 1.71 bits per heavy atom. The smallest absolute Gasteiger partial charge is 0.305 e. The van der Waals surface area contributed by atoms with Crippen molar-refractivity contribution in [3.05, 3.63) is 0 Å². The fraction of sp³-hybridized carbons (Fsp3) is 0.778. The van der Waals surface area contributed by atoms with E-state index in [4.69, 9.17) is 0 Å². The van der Waals surface area contributed by atoms with Crippen LogP contribution < -0.4 is 0 Å². The van der Waals surface area contributed by atoms with Gasteiger partial charge in [-0.2, -0.15) is 0 Å². The second-order valence-electron chi connectivity index (χ2n) is 3.71. The van der Waals surface area contributed by atoms with Crippen LogP contribution in [0, 0.1) is 5.92 Å². The van der Waals surface area contributed by atoms with Crippen molar-refractivity contribution in [2.45, 2.75) is 25.7 Å². The molecule has 78 valence electrons. The third kappa shape index (κ3) is 2.75. The molecule has 14 heavy (non-hydrogen) atoms. The highest BCUT2D eigenvalue weighted by Gasteiger charge is 2.26. The summed E-state index contributed by atoms with van der Waals surface area (Å²) >= 11 is 0. The quantitative estimate of drug-likeness (QED) is 0.462. The molecule has 1 rings (SSSR count). The van der Waals surface area contributed by atoms with E-state index < -0.39 is 0 Å². The zero-order chi connectivity index (χ0) is 10.6. The summed E-state index contributed by atoms with van der Waals surface area (Å²) < 4.78 is 4.54. The fourth-order valence-corrected chi connectivity index (χ4v) is 1.78. The van der Waals surface area contributed by atoms with Crippen molar-refractivity contribution < 1.29 is 14.3 Å². The lowest BCUT2D eigenvalue weighted by atomic mass is 9.91. The molecule has 1 fully saturated rings. The maximum Gasteiger partial charge on any atom is 0.305 e. The molecule has 0 radical (unpaired) electrons. The molecular formula is C9H16BNO3. The van der Waals surface area contributed by atoms with Crippen molar-refractivity contribution in [3.8, 4) is 0 Å². The molecule has 0 aliphatic carbocycles. The summed E-state index contributed by atoms with van der Waals surface area (Å²) in [5, 5.41) is 0. The van der Waals surface area contributed by atoms with Gasteiger partial charge in [-0.1, -0.05) is 0 Å². The molecule has 0 aromatic heterocycles. The summed E-state index contributed by atoms with van der Waals surface area (Å²) in [4.78, 5) is 24.2. The summed E-state index contributed by atoms with van der Waals surface area (Å²) in [7, 11) is 3.18. The minimum absolute atomic E-state index is 0.0212. The van der Waals surface area contributed by atoms with E-state index in [0.717, 1.165) is 19.4 Å². The van der Waals surface area contributed by atoms with Crippen LogP contribution >= 0.6 is 0 Å². The van der Waals surface area contributed by atoms with Gasteiger partial charge in [-0.05, 0) is 19.3 Å². The first-order valence-electron chi connectivity index (χ1n) is 4.97. The summed E-state index contributed by atoms with van der Waals surface area (Å²) in [6.07, 6.45) is 2.91. The Balaban J connectivity index is 2.36. The van der Waals surface area contributed by atoms with Gasteiger partial charge in [0.15, 0.2) is 0 Å². The molecule has 0 bridgehead atoms. The maximum atomic E-state index is 11.6. The molecule has 1 unspecified atom stereocenters. The average molecular weight is 197 g/mol. The van der Waals surface area contributed by atoms with Crippen molar-refractivity contribution >= 4 is 19.9 Å². The van der Waals surface area contributed by atoms with E-state index >= 15 is 0 Å². The first-order chi connectivity index (χ1) is 6.65. The second-order valence-corrected chi connectivity index (χ2v) is 3.71. The number of amides is 1. The van der Waals surface area contributed by atoms with Gasteiger partial charge in [0.25, 0.3) is 0 Å². The highest BCUT2D eigenvalue weighted by Crippen LogP contribution is 2.21. The second kappa shape index (κ2) is 5.03. The summed E-state index contributed by atoms with van der Waals surface area (Å²) in [5.41, 5.74) is 0. The van der Waals surface area contributed by atoms with Gasteiger partial charge < -0.3 is 9.55 Å². The lowest BCUT2D eigenvalue weighted by Crippen LogP contribution is -2.39. The topological polar surface area (TPSA) is 46.6 Å². The number of hydrogen-bond acceptors (Lipinski definition) is 3. The predicted molar refractivity (Wildman–Crippen MR) is 54.2 cm³/mol. The Morgan fingerprint density at radius 2 is 2.43 bits per heavy atom. The highest BCUT2D eigenvalue weighted by molar-refractivity contribution is 6.14. The first kappa shape index (κ1) is 11.1. The molecule has 1 atom stereocenters. The van der Waals surface area contributed by atoms with Crippen molar-refractivity contribution in [2.75, 3.05) is 13.7 Å². The van der Waals surface area contributed by atoms with Crippen LogP contribution in [0.4, 0.5) is 0 Å². The third-order valence-electron chi connectivity index (χ3n) is 2.70. The molecule has 1 aliphatic rings. The normalized spacial score (nSPS) is 22.2. The summed E-state index contributed by atoms with van der Waals surface area (Å²) in [5.74, 6) is -0.0426. The number of rotatable bonds is 3. The van der Waals surface area contributed by atoms with Crippen LogP contribution in [-0.2, 0) is 14.3 Å². The van der Waals surface area contributed by atoms with Crippen LogP contribution in [0.1, 0.15) is 25.7 Å². The summed E-state index contributed by atoms with van der Waals surface area (Å²) in [6, 6.07) is 0. The van der Waals surface area contributed by atoms with Crippen LogP contribution in [0.5, 0.6) is 0 Å². The number of carbonyl (C=O) groups excluding carboxylic acids is 2. The van der Waals surface area contributed by atoms with E-state index in [0.29, 0.717) is 12.8 Å². The van der Waals surface area contributed by atoms with Gasteiger partial charge in [0.05, 0.1) is 7.11 Å². The first-order valence-corrected chi connectivity index (χ1v) is 4.97. The zero-order valence-corrected chi connectivity index (χ0v) is 8.78. The monoisotopic (exact) mass is 197 g/mol. The fourth-order valence-electron chi connectivity index (χ4n) is 1.78. The van der Waals surface area contributed by atoms with E-state index in [2.05, 4.69) is 4.74 Å². The molecule has 1 aliphatic heterocycles. The van der Waals surface area contributed by atoms with Gasteiger partial charge >= 0.3 is 5.97 Å². The minimum Gasteiger partial charge on any atom is -0.469 e. The maximum absolute atomic E-state index is 11.6. The van der Waals surface area contributed by atoms with Crippen molar-refractivity contribution in [2.24, 2.45) is 5.92 Å². The van der Waals surface area contributed by atoms with Crippen LogP contribution in [0.2, 0.25) is 0 Å². The van der Waals surface area contributed by atoms with Gasteiger partial charge in [-0.15, -0.1) is 0 Å². The van der Waals surface area contributed by atoms with Gasteiger partial charge in [-0.25, -0.2) is 0 Å². The van der Waals surface area contributed by atoms with E-state index in [1.54, 1.807) is 4.81 Å². The van der Waals surface area contributed by atoms with E-state index in [-0.39, 0.29) is 17.8 Å². The third-order valence-corrected chi connectivity index (χ3v) is 2.70. The number of nitrogens with zero attached hydrogens (tertiary/aromatic N) is 1. The molecule has 0 saturated carbocycles. The van der Waals surface area contributed by atoms with Crippen LogP contribution in [0.25, 0.3) is 0 Å². The van der Waals surface area contributed by atoms with Crippen LogP contribution in [0.3, 0.4) is 0 Å².